The number of carbonyl (C=O) groups excluding carboxylic acids is 1. The molecular weight excluding hydrogens is 243 g/mol. The second-order valence-electron chi connectivity index (χ2n) is 5.02. The SMILES string of the molecule is CCN(CC(=O)N1CCCC1)Cc1cccc(F)c1. The second kappa shape index (κ2) is 6.66. The number of hydrogen-bond donors (Lipinski definition) is 0. The Morgan fingerprint density at radius 2 is 2.11 bits per heavy atom. The first-order valence-electron chi connectivity index (χ1n) is 6.93. The average molecular weight is 264 g/mol. The minimum atomic E-state index is -0.223. The van der Waals surface area contributed by atoms with E-state index in [-0.39, 0.29) is 11.7 Å². The highest BCUT2D eigenvalue weighted by atomic mass is 19.1. The number of amides is 1. The molecule has 1 aromatic carbocycles. The van der Waals surface area contributed by atoms with Gasteiger partial charge in [0.1, 0.15) is 5.82 Å². The summed E-state index contributed by atoms with van der Waals surface area (Å²) < 4.78 is 13.1. The Morgan fingerprint density at radius 3 is 2.74 bits per heavy atom. The average Bonchev–Trinajstić information content (AvgIpc) is 2.92. The molecule has 2 rings (SSSR count). The maximum atomic E-state index is 13.1. The first kappa shape index (κ1) is 14.0. The number of benzene rings is 1. The monoisotopic (exact) mass is 264 g/mol. The van der Waals surface area contributed by atoms with Crippen LogP contribution in [0.15, 0.2) is 24.3 Å². The van der Waals surface area contributed by atoms with E-state index in [2.05, 4.69) is 4.90 Å². The molecule has 0 atom stereocenters. The van der Waals surface area contributed by atoms with Gasteiger partial charge in [-0.3, -0.25) is 9.69 Å². The van der Waals surface area contributed by atoms with E-state index in [9.17, 15) is 9.18 Å². The van der Waals surface area contributed by atoms with Crippen LogP contribution in [0.5, 0.6) is 0 Å². The Balaban J connectivity index is 1.90. The molecule has 1 heterocycles. The molecule has 0 aliphatic carbocycles. The van der Waals surface area contributed by atoms with Gasteiger partial charge >= 0.3 is 0 Å². The third-order valence-electron chi connectivity index (χ3n) is 3.56. The quantitative estimate of drug-likeness (QED) is 0.814. The molecule has 4 heteroatoms. The summed E-state index contributed by atoms with van der Waals surface area (Å²) in [5.41, 5.74) is 0.913. The van der Waals surface area contributed by atoms with Crippen molar-refractivity contribution in [2.45, 2.75) is 26.3 Å². The van der Waals surface area contributed by atoms with E-state index in [0.29, 0.717) is 13.1 Å². The summed E-state index contributed by atoms with van der Waals surface area (Å²) in [6.07, 6.45) is 2.23. The fourth-order valence-electron chi connectivity index (χ4n) is 2.43. The lowest BCUT2D eigenvalue weighted by Crippen LogP contribution is -2.38. The number of likely N-dealkylation sites (tertiary alicyclic amines) is 1. The molecule has 19 heavy (non-hydrogen) atoms. The molecule has 0 N–H and O–H groups in total. The molecule has 3 nitrogen and oxygen atoms in total. The fraction of sp³-hybridized carbons (Fsp3) is 0.533. The van der Waals surface area contributed by atoms with Crippen LogP contribution in [0.25, 0.3) is 0 Å². The van der Waals surface area contributed by atoms with Gasteiger partial charge in [0, 0.05) is 19.6 Å². The van der Waals surface area contributed by atoms with Crippen molar-refractivity contribution >= 4 is 5.91 Å². The maximum absolute atomic E-state index is 13.1. The number of carbonyl (C=O) groups is 1. The topological polar surface area (TPSA) is 23.6 Å². The normalized spacial score (nSPS) is 15.2. The van der Waals surface area contributed by atoms with Crippen LogP contribution in [0.3, 0.4) is 0 Å². The number of rotatable bonds is 5. The van der Waals surface area contributed by atoms with Gasteiger partial charge in [-0.05, 0) is 37.1 Å². The Kier molecular flexibility index (Phi) is 4.91. The van der Waals surface area contributed by atoms with Gasteiger partial charge < -0.3 is 4.90 Å². The van der Waals surface area contributed by atoms with Crippen molar-refractivity contribution in [1.82, 2.24) is 9.80 Å². The van der Waals surface area contributed by atoms with Crippen LogP contribution in [0.4, 0.5) is 4.39 Å². The first-order valence-corrected chi connectivity index (χ1v) is 6.93. The summed E-state index contributed by atoms with van der Waals surface area (Å²) in [6, 6.07) is 6.57. The van der Waals surface area contributed by atoms with Gasteiger partial charge in [0.25, 0.3) is 0 Å². The molecule has 0 radical (unpaired) electrons. The molecule has 1 aliphatic heterocycles. The van der Waals surface area contributed by atoms with Crippen LogP contribution in [0.1, 0.15) is 25.3 Å². The number of halogens is 1. The van der Waals surface area contributed by atoms with Crippen LogP contribution in [0.2, 0.25) is 0 Å². The summed E-state index contributed by atoms with van der Waals surface area (Å²) in [5.74, 6) is -0.0322. The molecular formula is C15H21FN2O. The number of nitrogens with zero attached hydrogens (tertiary/aromatic N) is 2. The smallest absolute Gasteiger partial charge is 0.236 e. The Bertz CT molecular complexity index is 430. The lowest BCUT2D eigenvalue weighted by Gasteiger charge is -2.23. The van der Waals surface area contributed by atoms with Crippen molar-refractivity contribution in [3.05, 3.63) is 35.6 Å². The summed E-state index contributed by atoms with van der Waals surface area (Å²) in [6.45, 7) is 5.63. The molecule has 1 aliphatic rings. The maximum Gasteiger partial charge on any atom is 0.236 e. The minimum Gasteiger partial charge on any atom is -0.342 e. The summed E-state index contributed by atoms with van der Waals surface area (Å²) >= 11 is 0. The van der Waals surface area contributed by atoms with E-state index in [1.165, 1.54) is 12.1 Å². The van der Waals surface area contributed by atoms with Crippen LogP contribution in [-0.4, -0.2) is 41.9 Å². The van der Waals surface area contributed by atoms with E-state index >= 15 is 0 Å². The van der Waals surface area contributed by atoms with Crippen molar-refractivity contribution in [3.8, 4) is 0 Å². The second-order valence-corrected chi connectivity index (χ2v) is 5.02. The van der Waals surface area contributed by atoms with Gasteiger partial charge in [0.15, 0.2) is 0 Å². The highest BCUT2D eigenvalue weighted by Gasteiger charge is 2.19. The summed E-state index contributed by atoms with van der Waals surface area (Å²) in [5, 5.41) is 0. The van der Waals surface area contributed by atoms with Crippen LogP contribution >= 0.6 is 0 Å². The molecule has 1 amide bonds. The molecule has 0 saturated carbocycles. The zero-order chi connectivity index (χ0) is 13.7. The van der Waals surface area contributed by atoms with Gasteiger partial charge in [0.2, 0.25) is 5.91 Å². The van der Waals surface area contributed by atoms with Crippen LogP contribution < -0.4 is 0 Å². The molecule has 104 valence electrons. The van der Waals surface area contributed by atoms with E-state index in [0.717, 1.165) is 38.0 Å². The highest BCUT2D eigenvalue weighted by molar-refractivity contribution is 5.78. The summed E-state index contributed by atoms with van der Waals surface area (Å²) in [7, 11) is 0. The van der Waals surface area contributed by atoms with Gasteiger partial charge in [0.05, 0.1) is 6.54 Å². The molecule has 0 aromatic heterocycles. The predicted octanol–water partition coefficient (Wildman–Crippen LogP) is 2.27. The van der Waals surface area contributed by atoms with Gasteiger partial charge in [-0.25, -0.2) is 4.39 Å². The molecule has 1 aromatic rings. The lowest BCUT2D eigenvalue weighted by atomic mass is 10.2. The Morgan fingerprint density at radius 1 is 1.37 bits per heavy atom. The number of likely N-dealkylation sites (N-methyl/N-ethyl adjacent to an activating group) is 1. The first-order chi connectivity index (χ1) is 9.19. The van der Waals surface area contributed by atoms with Crippen molar-refractivity contribution in [2.75, 3.05) is 26.2 Å². The van der Waals surface area contributed by atoms with Crippen molar-refractivity contribution < 1.29 is 9.18 Å². The molecule has 0 bridgehead atoms. The fourth-order valence-corrected chi connectivity index (χ4v) is 2.43. The molecule has 1 fully saturated rings. The van der Waals surface area contributed by atoms with E-state index in [4.69, 9.17) is 0 Å². The van der Waals surface area contributed by atoms with Crippen LogP contribution in [0, 0.1) is 5.82 Å². The van der Waals surface area contributed by atoms with Gasteiger partial charge in [-0.15, -0.1) is 0 Å². The zero-order valence-corrected chi connectivity index (χ0v) is 11.4. The van der Waals surface area contributed by atoms with E-state index < -0.39 is 0 Å². The third kappa shape index (κ3) is 4.03. The Labute approximate surface area is 114 Å². The van der Waals surface area contributed by atoms with Crippen molar-refractivity contribution in [2.24, 2.45) is 0 Å². The standard InChI is InChI=1S/C15H21FN2O/c1-2-17(11-13-6-5-7-14(16)10-13)12-15(19)18-8-3-4-9-18/h5-7,10H,2-4,8-9,11-12H2,1H3. The third-order valence-corrected chi connectivity index (χ3v) is 3.56. The predicted molar refractivity (Wildman–Crippen MR) is 73.2 cm³/mol. The lowest BCUT2D eigenvalue weighted by molar-refractivity contribution is -0.131. The van der Waals surface area contributed by atoms with Crippen molar-refractivity contribution in [3.63, 3.8) is 0 Å². The van der Waals surface area contributed by atoms with E-state index in [1.807, 2.05) is 17.9 Å². The van der Waals surface area contributed by atoms with Gasteiger partial charge in [-0.1, -0.05) is 19.1 Å². The van der Waals surface area contributed by atoms with Gasteiger partial charge in [-0.2, -0.15) is 0 Å². The molecule has 1 saturated heterocycles. The highest BCUT2D eigenvalue weighted by Crippen LogP contribution is 2.10. The summed E-state index contributed by atoms with van der Waals surface area (Å²) in [4.78, 5) is 16.1. The largest absolute Gasteiger partial charge is 0.342 e. The number of hydrogen-bond acceptors (Lipinski definition) is 2. The van der Waals surface area contributed by atoms with Crippen LogP contribution in [-0.2, 0) is 11.3 Å². The zero-order valence-electron chi connectivity index (χ0n) is 11.4. The Hall–Kier alpha value is -1.42. The molecule has 0 spiro atoms. The minimum absolute atomic E-state index is 0.191. The van der Waals surface area contributed by atoms with Crippen molar-refractivity contribution in [1.29, 1.82) is 0 Å². The molecule has 0 unspecified atom stereocenters. The van der Waals surface area contributed by atoms with E-state index in [1.54, 1.807) is 6.07 Å².